The van der Waals surface area contributed by atoms with Gasteiger partial charge in [-0.15, -0.1) is 12.3 Å². The highest BCUT2D eigenvalue weighted by Crippen LogP contribution is 2.31. The molecular formula is C48H70N6O10. The maximum Gasteiger partial charge on any atom is 0.329 e. The molecule has 16 nitrogen and oxygen atoms in total. The highest BCUT2D eigenvalue weighted by Gasteiger charge is 2.47. The van der Waals surface area contributed by atoms with Crippen LogP contribution in [0.25, 0.3) is 0 Å². The van der Waals surface area contributed by atoms with Crippen LogP contribution in [0.15, 0.2) is 30.3 Å². The molecule has 3 heterocycles. The summed E-state index contributed by atoms with van der Waals surface area (Å²) >= 11 is 0. The van der Waals surface area contributed by atoms with Gasteiger partial charge < -0.3 is 40.1 Å². The molecule has 0 radical (unpaired) electrons. The predicted octanol–water partition coefficient (Wildman–Crippen LogP) is 3.15. The molecule has 3 N–H and O–H groups in total. The van der Waals surface area contributed by atoms with Gasteiger partial charge in [-0.05, 0) is 82.6 Å². The third kappa shape index (κ3) is 12.2. The first-order chi connectivity index (χ1) is 30.1. The number of hydrogen-bond acceptors (Lipinski definition) is 10. The summed E-state index contributed by atoms with van der Waals surface area (Å²) in [6, 6.07) is 2.47. The van der Waals surface area contributed by atoms with Crippen LogP contribution in [0.5, 0.6) is 0 Å². The van der Waals surface area contributed by atoms with Gasteiger partial charge in [-0.1, -0.05) is 71.9 Å². The molecular weight excluding hydrogens is 821 g/mol. The van der Waals surface area contributed by atoms with Crippen LogP contribution < -0.4 is 16.0 Å². The zero-order chi connectivity index (χ0) is 47.6. The fourth-order valence-electron chi connectivity index (χ4n) is 8.80. The molecule has 352 valence electrons. The Morgan fingerprint density at radius 3 is 1.91 bits per heavy atom. The number of likely N-dealkylation sites (N-methyl/N-ethyl adjacent to an activating group) is 1. The van der Waals surface area contributed by atoms with Crippen molar-refractivity contribution < 1.29 is 47.8 Å². The molecule has 0 aliphatic carbocycles. The number of fused-ring (bicyclic) bond motifs is 2. The van der Waals surface area contributed by atoms with Gasteiger partial charge in [0, 0.05) is 33.0 Å². The summed E-state index contributed by atoms with van der Waals surface area (Å²) in [7, 11) is 1.44. The second-order valence-corrected chi connectivity index (χ2v) is 19.0. The van der Waals surface area contributed by atoms with Gasteiger partial charge in [0.2, 0.25) is 29.5 Å². The number of esters is 2. The van der Waals surface area contributed by atoms with E-state index in [0.29, 0.717) is 44.1 Å². The summed E-state index contributed by atoms with van der Waals surface area (Å²) in [6.07, 6.45) is 5.76. The van der Waals surface area contributed by atoms with E-state index in [0.717, 1.165) is 0 Å². The molecule has 0 saturated carbocycles. The topological polar surface area (TPSA) is 201 Å². The largest absolute Gasteiger partial charge is 0.460 e. The average molecular weight is 891 g/mol. The van der Waals surface area contributed by atoms with E-state index in [4.69, 9.17) is 15.9 Å². The van der Waals surface area contributed by atoms with Gasteiger partial charge >= 0.3 is 11.9 Å². The summed E-state index contributed by atoms with van der Waals surface area (Å²) in [5, 5.41) is 8.56. The molecule has 2 unspecified atom stereocenters. The molecule has 1 aromatic carbocycles. The third-order valence-corrected chi connectivity index (χ3v) is 12.7. The lowest BCUT2D eigenvalue weighted by Gasteiger charge is -2.37. The number of nitrogens with one attached hydrogen (secondary N) is 3. The Kier molecular flexibility index (Phi) is 17.9. The fourth-order valence-corrected chi connectivity index (χ4v) is 8.80. The molecule has 16 heteroatoms. The normalized spacial score (nSPS) is 28.4. The molecule has 1 aromatic rings. The molecule has 64 heavy (non-hydrogen) atoms. The van der Waals surface area contributed by atoms with E-state index in [9.17, 15) is 38.4 Å². The molecule has 3 aliphatic rings. The van der Waals surface area contributed by atoms with Crippen molar-refractivity contribution in [3.8, 4) is 12.3 Å². The van der Waals surface area contributed by atoms with Crippen LogP contribution in [0.4, 0.5) is 0 Å². The highest BCUT2D eigenvalue weighted by molar-refractivity contribution is 5.97. The summed E-state index contributed by atoms with van der Waals surface area (Å²) in [4.78, 5) is 118. The molecule has 3 saturated heterocycles. The van der Waals surface area contributed by atoms with Gasteiger partial charge in [-0.25, -0.2) is 9.59 Å². The van der Waals surface area contributed by atoms with E-state index in [2.05, 4.69) is 21.9 Å². The van der Waals surface area contributed by atoms with Crippen LogP contribution in [0.3, 0.4) is 0 Å². The second-order valence-electron chi connectivity index (χ2n) is 19.0. The maximum absolute atomic E-state index is 14.4. The second kappa shape index (κ2) is 22.4. The quantitative estimate of drug-likeness (QED) is 0.198. The number of rotatable bonds is 8. The average Bonchev–Trinajstić information content (AvgIpc) is 3.94. The Bertz CT molecular complexity index is 1910. The molecule has 4 rings (SSSR count). The lowest BCUT2D eigenvalue weighted by molar-refractivity contribution is -0.168. The lowest BCUT2D eigenvalue weighted by Crippen LogP contribution is -2.59. The smallest absolute Gasteiger partial charge is 0.329 e. The maximum atomic E-state index is 14.4. The van der Waals surface area contributed by atoms with E-state index >= 15 is 0 Å². The minimum Gasteiger partial charge on any atom is -0.460 e. The molecule has 3 fully saturated rings. The van der Waals surface area contributed by atoms with E-state index in [1.54, 1.807) is 79.7 Å². The van der Waals surface area contributed by atoms with Crippen LogP contribution in [0, 0.1) is 35.5 Å². The van der Waals surface area contributed by atoms with Crippen molar-refractivity contribution in [2.24, 2.45) is 23.2 Å². The Morgan fingerprint density at radius 1 is 0.734 bits per heavy atom. The summed E-state index contributed by atoms with van der Waals surface area (Å²) in [5.41, 5.74) is -0.748. The first-order valence-corrected chi connectivity index (χ1v) is 22.8. The van der Waals surface area contributed by atoms with Gasteiger partial charge in [0.1, 0.15) is 42.4 Å². The molecule has 8 atom stereocenters. The van der Waals surface area contributed by atoms with Crippen LogP contribution in [-0.2, 0) is 54.3 Å². The van der Waals surface area contributed by atoms with Crippen LogP contribution >= 0.6 is 0 Å². The van der Waals surface area contributed by atoms with Crippen LogP contribution in [0.1, 0.15) is 113 Å². The molecule has 0 bridgehead atoms. The molecule has 3 aliphatic heterocycles. The Morgan fingerprint density at radius 2 is 1.33 bits per heavy atom. The van der Waals surface area contributed by atoms with Crippen LogP contribution in [-0.4, -0.2) is 131 Å². The number of hydrogen-bond donors (Lipinski definition) is 3. The number of terminal acetylenes is 1. The van der Waals surface area contributed by atoms with Gasteiger partial charge in [-0.2, -0.15) is 0 Å². The summed E-state index contributed by atoms with van der Waals surface area (Å²) in [5.74, 6) is -3.89. The minimum absolute atomic E-state index is 0.0176. The monoisotopic (exact) mass is 891 g/mol. The number of cyclic esters (lactones) is 2. The van der Waals surface area contributed by atoms with E-state index in [1.807, 2.05) is 6.07 Å². The Labute approximate surface area is 378 Å². The van der Waals surface area contributed by atoms with Crippen molar-refractivity contribution in [1.82, 2.24) is 30.7 Å². The Hall–Kier alpha value is -5.46. The van der Waals surface area contributed by atoms with Gasteiger partial charge in [0.05, 0.1) is 5.41 Å². The number of nitrogens with zero attached hydrogens (tertiary/aromatic N) is 3. The van der Waals surface area contributed by atoms with Crippen molar-refractivity contribution in [2.45, 2.75) is 162 Å². The number of amides is 6. The first kappa shape index (κ1) is 51.2. The lowest BCUT2D eigenvalue weighted by atomic mass is 9.82. The molecule has 6 amide bonds. The van der Waals surface area contributed by atoms with E-state index < -0.39 is 119 Å². The van der Waals surface area contributed by atoms with Crippen molar-refractivity contribution in [3.63, 3.8) is 0 Å². The number of ether oxygens (including phenoxy) is 2. The number of carbonyl (C=O) groups excluding carboxylic acids is 8. The third-order valence-electron chi connectivity index (χ3n) is 12.7. The van der Waals surface area contributed by atoms with Gasteiger partial charge in [-0.3, -0.25) is 28.8 Å². The van der Waals surface area contributed by atoms with Crippen molar-refractivity contribution in [2.75, 3.05) is 20.1 Å². The minimum atomic E-state index is -1.46. The zero-order valence-corrected chi connectivity index (χ0v) is 39.3. The number of unbranched alkanes of at least 4 members (excludes halogenated alkanes) is 1. The van der Waals surface area contributed by atoms with E-state index in [-0.39, 0.29) is 25.9 Å². The van der Waals surface area contributed by atoms with Gasteiger partial charge in [0.25, 0.3) is 5.91 Å². The first-order valence-electron chi connectivity index (χ1n) is 22.8. The molecule has 0 aromatic heterocycles. The summed E-state index contributed by atoms with van der Waals surface area (Å²) < 4.78 is 12.0. The highest BCUT2D eigenvalue weighted by atomic mass is 16.6. The molecule has 0 spiro atoms. The van der Waals surface area contributed by atoms with Crippen molar-refractivity contribution in [1.29, 1.82) is 0 Å². The Balaban J connectivity index is 1.81. The predicted molar refractivity (Wildman–Crippen MR) is 238 cm³/mol. The fraction of sp³-hybridized carbons (Fsp3) is 0.667. The van der Waals surface area contributed by atoms with Gasteiger partial charge in [0.15, 0.2) is 6.10 Å². The number of benzene rings is 1. The zero-order valence-electron chi connectivity index (χ0n) is 39.3. The van der Waals surface area contributed by atoms with E-state index in [1.165, 1.54) is 28.7 Å². The van der Waals surface area contributed by atoms with Crippen LogP contribution in [0.2, 0.25) is 0 Å². The number of carbonyl (C=O) groups is 8. The summed E-state index contributed by atoms with van der Waals surface area (Å²) in [6.45, 7) is 15.6. The van der Waals surface area contributed by atoms with Crippen molar-refractivity contribution >= 4 is 47.4 Å². The van der Waals surface area contributed by atoms with Crippen molar-refractivity contribution in [3.05, 3.63) is 35.9 Å². The SMILES string of the molecule is C#CCCC[C@@H]1OC(=O)[C@H](Cc2ccccc2)NC(=O)C(C(C)C)NC(=O)[C@@H]2CCCN2C(=O)[C@@H]2CCCN2C(=O)[C@H](C)OC(=O)C(C(C)C)N(C)C(=O)[C@H](C(C)C)NC(=O)C1(C)C. The standard InChI is InChI=1S/C48H70N6O10/c1-12-13-15-24-36-48(9,10)47(62)51-38(29(4)5)44(59)52(11)39(30(6)7)46(61)63-31(8)42(57)54-26-19-23-35(54)43(58)53-25-18-22-34(53)40(55)50-37(28(2)3)41(56)49-33(45(60)64-36)27-32-20-16-14-17-21-32/h1,14,16-17,20-21,28-31,33-39H,13,15,18-19,22-27H2,2-11H3,(H,49,56)(H,50,55)(H,51,62)/t31-,33-,34-,35-,36-,37?,38-,39?/m0/s1.